The maximum absolute atomic E-state index is 13.7. The Kier molecular flexibility index (Phi) is 7.18. The van der Waals surface area contributed by atoms with Crippen molar-refractivity contribution in [3.05, 3.63) is 101 Å². The van der Waals surface area contributed by atoms with Crippen LogP contribution in [0, 0.1) is 13.8 Å². The lowest BCUT2D eigenvalue weighted by Crippen LogP contribution is -2.39. The van der Waals surface area contributed by atoms with Gasteiger partial charge in [0, 0.05) is 17.7 Å². The summed E-state index contributed by atoms with van der Waals surface area (Å²) >= 11 is 0. The fraction of sp³-hybridized carbons (Fsp3) is 0.259. The number of Topliss-reactive ketones (excluding diaryl/α,β-unsaturated/α-hetero) is 1. The van der Waals surface area contributed by atoms with Crippen molar-refractivity contribution in [3.8, 4) is 0 Å². The van der Waals surface area contributed by atoms with Crippen LogP contribution in [0.25, 0.3) is 0 Å². The molecule has 0 aromatic heterocycles. The molecule has 1 atom stereocenters. The average Bonchev–Trinajstić information content (AvgIpc) is 2.77. The number of hydrogen-bond donors (Lipinski definition) is 0. The van der Waals surface area contributed by atoms with Gasteiger partial charge in [0.1, 0.15) is 6.04 Å². The van der Waals surface area contributed by atoms with E-state index in [0.29, 0.717) is 12.0 Å². The second-order valence-corrected chi connectivity index (χ2v) is 7.75. The Morgan fingerprint density at radius 2 is 1.37 bits per heavy atom. The number of aryl methyl sites for hydroxylation is 2. The van der Waals surface area contributed by atoms with E-state index in [1.54, 1.807) is 4.90 Å². The number of rotatable bonds is 8. The first-order valence-electron chi connectivity index (χ1n) is 10.6. The summed E-state index contributed by atoms with van der Waals surface area (Å²) in [6.07, 6.45) is 2.13. The zero-order valence-electron chi connectivity index (χ0n) is 18.0. The van der Waals surface area contributed by atoms with Gasteiger partial charge in [0.2, 0.25) is 5.91 Å². The predicted molar refractivity (Wildman–Crippen MR) is 123 cm³/mol. The van der Waals surface area contributed by atoms with Crippen LogP contribution >= 0.6 is 0 Å². The Labute approximate surface area is 179 Å². The van der Waals surface area contributed by atoms with Crippen LogP contribution < -0.4 is 4.90 Å². The first-order chi connectivity index (χ1) is 14.5. The number of unbranched alkanes of at least 4 members (excludes halogenated alkanes) is 1. The summed E-state index contributed by atoms with van der Waals surface area (Å²) in [6, 6.07) is 24.3. The summed E-state index contributed by atoms with van der Waals surface area (Å²) in [5, 5.41) is 0. The molecule has 0 bridgehead atoms. The Morgan fingerprint density at radius 1 is 0.800 bits per heavy atom. The van der Waals surface area contributed by atoms with Crippen LogP contribution in [0.5, 0.6) is 0 Å². The number of amides is 1. The van der Waals surface area contributed by atoms with Crippen molar-refractivity contribution < 1.29 is 9.59 Å². The van der Waals surface area contributed by atoms with E-state index in [2.05, 4.69) is 6.92 Å². The van der Waals surface area contributed by atoms with E-state index in [1.165, 1.54) is 0 Å². The normalized spacial score (nSPS) is 11.7. The molecule has 154 valence electrons. The van der Waals surface area contributed by atoms with E-state index in [0.717, 1.165) is 35.2 Å². The van der Waals surface area contributed by atoms with Gasteiger partial charge < -0.3 is 0 Å². The maximum Gasteiger partial charge on any atom is 0.227 e. The molecule has 0 aliphatic rings. The molecular formula is C27H29NO2. The number of benzene rings is 3. The fourth-order valence-electron chi connectivity index (χ4n) is 3.52. The van der Waals surface area contributed by atoms with E-state index >= 15 is 0 Å². The molecule has 0 saturated carbocycles. The number of anilines is 1. The van der Waals surface area contributed by atoms with Gasteiger partial charge in [0.15, 0.2) is 5.78 Å². The summed E-state index contributed by atoms with van der Waals surface area (Å²) in [7, 11) is 0. The average molecular weight is 400 g/mol. The van der Waals surface area contributed by atoms with E-state index in [1.807, 2.05) is 92.7 Å². The molecular weight excluding hydrogens is 370 g/mol. The van der Waals surface area contributed by atoms with Gasteiger partial charge >= 0.3 is 0 Å². The molecule has 3 nitrogen and oxygen atoms in total. The summed E-state index contributed by atoms with van der Waals surface area (Å²) in [5.74, 6) is -0.110. The molecule has 1 amide bonds. The molecule has 0 fully saturated rings. The summed E-state index contributed by atoms with van der Waals surface area (Å²) < 4.78 is 0. The lowest BCUT2D eigenvalue weighted by molar-refractivity contribution is -0.119. The van der Waals surface area contributed by atoms with Gasteiger partial charge in [-0.2, -0.15) is 0 Å². The zero-order valence-corrected chi connectivity index (χ0v) is 18.0. The van der Waals surface area contributed by atoms with Gasteiger partial charge in [0.25, 0.3) is 0 Å². The van der Waals surface area contributed by atoms with Gasteiger partial charge in [-0.05, 0) is 38.0 Å². The van der Waals surface area contributed by atoms with Crippen LogP contribution in [0.3, 0.4) is 0 Å². The summed E-state index contributed by atoms with van der Waals surface area (Å²) in [4.78, 5) is 28.8. The van der Waals surface area contributed by atoms with E-state index in [-0.39, 0.29) is 11.7 Å². The topological polar surface area (TPSA) is 37.4 Å². The summed E-state index contributed by atoms with van der Waals surface area (Å²) in [5.41, 5.74) is 4.38. The van der Waals surface area contributed by atoms with Gasteiger partial charge in [0.05, 0.1) is 0 Å². The molecule has 3 rings (SSSR count). The van der Waals surface area contributed by atoms with Crippen molar-refractivity contribution in [1.29, 1.82) is 0 Å². The molecule has 3 heteroatoms. The van der Waals surface area contributed by atoms with Crippen molar-refractivity contribution in [2.75, 3.05) is 4.90 Å². The van der Waals surface area contributed by atoms with Crippen molar-refractivity contribution in [3.63, 3.8) is 0 Å². The molecule has 0 N–H and O–H groups in total. The Bertz CT molecular complexity index is 976. The number of ketones is 1. The minimum absolute atomic E-state index is 0.0333. The third-order valence-corrected chi connectivity index (χ3v) is 5.28. The third kappa shape index (κ3) is 5.04. The molecule has 3 aromatic rings. The lowest BCUT2D eigenvalue weighted by Gasteiger charge is -2.32. The minimum Gasteiger partial charge on any atom is -0.297 e. The van der Waals surface area contributed by atoms with Gasteiger partial charge in [-0.1, -0.05) is 91.2 Å². The van der Waals surface area contributed by atoms with Gasteiger partial charge in [-0.15, -0.1) is 0 Å². The van der Waals surface area contributed by atoms with Crippen LogP contribution in [0.1, 0.15) is 59.3 Å². The molecule has 0 aliphatic heterocycles. The number of carbonyl (C=O) groups excluding carboxylic acids is 2. The quantitative estimate of drug-likeness (QED) is 0.408. The highest BCUT2D eigenvalue weighted by atomic mass is 16.2. The van der Waals surface area contributed by atoms with Crippen LogP contribution in [0.4, 0.5) is 5.69 Å². The molecule has 1 unspecified atom stereocenters. The van der Waals surface area contributed by atoms with Crippen LogP contribution in [-0.4, -0.2) is 11.7 Å². The second kappa shape index (κ2) is 10.0. The largest absolute Gasteiger partial charge is 0.297 e. The van der Waals surface area contributed by atoms with E-state index in [4.69, 9.17) is 0 Å². The van der Waals surface area contributed by atoms with Crippen molar-refractivity contribution >= 4 is 17.4 Å². The van der Waals surface area contributed by atoms with E-state index < -0.39 is 6.04 Å². The molecule has 0 heterocycles. The minimum atomic E-state index is -0.708. The van der Waals surface area contributed by atoms with Crippen molar-refractivity contribution in [2.45, 2.75) is 46.1 Å². The molecule has 0 radical (unpaired) electrons. The highest BCUT2D eigenvalue weighted by Crippen LogP contribution is 2.32. The molecule has 0 aliphatic carbocycles. The third-order valence-electron chi connectivity index (χ3n) is 5.28. The standard InChI is InChI=1S/C27H29NO2/c1-4-5-11-25(29)28(24-9-7-6-8-10-24)26(22-16-12-20(2)13-17-22)27(30)23-18-14-21(3)15-19-23/h6-10,12-19,26H,4-5,11H2,1-3H3. The van der Waals surface area contributed by atoms with Crippen molar-refractivity contribution in [1.82, 2.24) is 0 Å². The Hall–Kier alpha value is -3.20. The SMILES string of the molecule is CCCCC(=O)N(c1ccccc1)C(C(=O)c1ccc(C)cc1)c1ccc(C)cc1. The Morgan fingerprint density at radius 3 is 1.93 bits per heavy atom. The number of nitrogens with zero attached hydrogens (tertiary/aromatic N) is 1. The molecule has 30 heavy (non-hydrogen) atoms. The lowest BCUT2D eigenvalue weighted by atomic mass is 9.93. The van der Waals surface area contributed by atoms with Crippen LogP contribution in [0.15, 0.2) is 78.9 Å². The highest BCUT2D eigenvalue weighted by molar-refractivity contribution is 6.08. The van der Waals surface area contributed by atoms with Gasteiger partial charge in [-0.3, -0.25) is 14.5 Å². The summed E-state index contributed by atoms with van der Waals surface area (Å²) in [6.45, 7) is 6.08. The van der Waals surface area contributed by atoms with Crippen LogP contribution in [-0.2, 0) is 4.79 Å². The highest BCUT2D eigenvalue weighted by Gasteiger charge is 2.32. The van der Waals surface area contributed by atoms with E-state index in [9.17, 15) is 9.59 Å². The number of carbonyl (C=O) groups is 2. The first kappa shape index (κ1) is 21.5. The van der Waals surface area contributed by atoms with Gasteiger partial charge in [-0.25, -0.2) is 0 Å². The smallest absolute Gasteiger partial charge is 0.227 e. The predicted octanol–water partition coefficient (Wildman–Crippen LogP) is 6.45. The van der Waals surface area contributed by atoms with Crippen LogP contribution in [0.2, 0.25) is 0 Å². The number of para-hydroxylation sites is 1. The Balaban J connectivity index is 2.13. The zero-order chi connectivity index (χ0) is 21.5. The monoisotopic (exact) mass is 399 g/mol. The fourth-order valence-corrected chi connectivity index (χ4v) is 3.52. The second-order valence-electron chi connectivity index (χ2n) is 7.75. The van der Waals surface area contributed by atoms with Crippen molar-refractivity contribution in [2.24, 2.45) is 0 Å². The molecule has 0 saturated heterocycles. The first-order valence-corrected chi connectivity index (χ1v) is 10.6. The maximum atomic E-state index is 13.7. The molecule has 0 spiro atoms. The number of hydrogen-bond acceptors (Lipinski definition) is 2. The molecule has 3 aromatic carbocycles.